The van der Waals surface area contributed by atoms with Crippen LogP contribution >= 0.6 is 0 Å². The average Bonchev–Trinajstić information content (AvgIpc) is 3.33. The van der Waals surface area contributed by atoms with Gasteiger partial charge in [-0.05, 0) is 23.8 Å². The number of esters is 1. The molecule has 4 rings (SSSR count). The molecule has 0 N–H and O–H groups in total. The fraction of sp³-hybridized carbons (Fsp3) is 0.304. The molecule has 0 amide bonds. The zero-order chi connectivity index (χ0) is 19.6. The number of benzene rings is 2. The van der Waals surface area contributed by atoms with Gasteiger partial charge in [-0.1, -0.05) is 55.5 Å². The van der Waals surface area contributed by atoms with Gasteiger partial charge in [-0.3, -0.25) is 0 Å². The molecule has 4 atom stereocenters. The number of carbonyl (C=O) groups excluding carboxylic acids is 1. The molecule has 2 aromatic carbocycles. The highest BCUT2D eigenvalue weighted by Gasteiger charge is 2.58. The second-order valence-corrected chi connectivity index (χ2v) is 7.19. The number of hydrogen-bond donors (Lipinski definition) is 0. The summed E-state index contributed by atoms with van der Waals surface area (Å²) in [7, 11) is 1.39. The molecule has 0 aliphatic carbocycles. The lowest BCUT2D eigenvalue weighted by Crippen LogP contribution is -2.54. The average molecular weight is 377 g/mol. The lowest BCUT2D eigenvalue weighted by atomic mass is 9.81. The molecule has 2 heterocycles. The molecule has 0 spiro atoms. The van der Waals surface area contributed by atoms with E-state index in [-0.39, 0.29) is 12.0 Å². The number of nitrogens with zero attached hydrogens (tertiary/aromatic N) is 1. The fourth-order valence-corrected chi connectivity index (χ4v) is 3.84. The van der Waals surface area contributed by atoms with Crippen molar-refractivity contribution >= 4 is 11.9 Å². The largest absolute Gasteiger partial charge is 0.494 e. The van der Waals surface area contributed by atoms with Crippen LogP contribution in [0.5, 0.6) is 0 Å². The van der Waals surface area contributed by atoms with Crippen LogP contribution < -0.4 is 0 Å². The first-order valence-corrected chi connectivity index (χ1v) is 9.40. The van der Waals surface area contributed by atoms with E-state index in [9.17, 15) is 4.79 Å². The molecule has 2 unspecified atom stereocenters. The van der Waals surface area contributed by atoms with E-state index in [4.69, 9.17) is 19.2 Å². The monoisotopic (exact) mass is 377 g/mol. The third kappa shape index (κ3) is 3.17. The summed E-state index contributed by atoms with van der Waals surface area (Å²) in [6, 6.07) is 19.4. The van der Waals surface area contributed by atoms with E-state index >= 15 is 0 Å². The zero-order valence-corrected chi connectivity index (χ0v) is 15.9. The van der Waals surface area contributed by atoms with Crippen LogP contribution in [0.1, 0.15) is 18.1 Å². The maximum Gasteiger partial charge on any atom is 0.338 e. The molecule has 2 aromatic rings. The van der Waals surface area contributed by atoms with E-state index < -0.39 is 17.6 Å². The minimum atomic E-state index is -1.22. The van der Waals surface area contributed by atoms with Crippen molar-refractivity contribution in [3.8, 4) is 0 Å². The molecule has 0 saturated carbocycles. The van der Waals surface area contributed by atoms with Gasteiger partial charge in [0.15, 0.2) is 6.10 Å². The lowest BCUT2D eigenvalue weighted by molar-refractivity contribution is -0.152. The van der Waals surface area contributed by atoms with Crippen molar-refractivity contribution in [1.82, 2.24) is 0 Å². The maximum atomic E-state index is 13.1. The van der Waals surface area contributed by atoms with Crippen molar-refractivity contribution in [2.75, 3.05) is 7.11 Å². The van der Waals surface area contributed by atoms with Gasteiger partial charge in [-0.2, -0.15) is 0 Å². The number of methoxy groups -OCH3 is 1. The Hall–Kier alpha value is -3.08. The van der Waals surface area contributed by atoms with E-state index in [0.29, 0.717) is 12.3 Å². The number of ether oxygens (including phenoxy) is 3. The van der Waals surface area contributed by atoms with Gasteiger partial charge >= 0.3 is 5.97 Å². The number of rotatable bonds is 5. The lowest BCUT2D eigenvalue weighted by Gasteiger charge is -2.33. The zero-order valence-electron chi connectivity index (χ0n) is 15.9. The first-order valence-electron chi connectivity index (χ1n) is 9.40. The summed E-state index contributed by atoms with van der Waals surface area (Å²) in [5.41, 5.74) is 0.592. The van der Waals surface area contributed by atoms with E-state index in [0.717, 1.165) is 11.1 Å². The summed E-state index contributed by atoms with van der Waals surface area (Å²) in [4.78, 5) is 17.9. The van der Waals surface area contributed by atoms with Crippen LogP contribution in [-0.4, -0.2) is 36.7 Å². The van der Waals surface area contributed by atoms with Crippen molar-refractivity contribution in [1.29, 1.82) is 0 Å². The first kappa shape index (κ1) is 18.3. The van der Waals surface area contributed by atoms with Gasteiger partial charge in [0.1, 0.15) is 6.10 Å². The predicted molar refractivity (Wildman–Crippen MR) is 106 cm³/mol. The normalized spacial score (nSPS) is 28.4. The van der Waals surface area contributed by atoms with Crippen LogP contribution in [0.3, 0.4) is 0 Å². The minimum Gasteiger partial charge on any atom is -0.494 e. The van der Waals surface area contributed by atoms with E-state index in [2.05, 4.69) is 0 Å². The van der Waals surface area contributed by atoms with E-state index in [1.165, 1.54) is 7.11 Å². The van der Waals surface area contributed by atoms with Crippen molar-refractivity contribution < 1.29 is 19.0 Å². The quantitative estimate of drug-likeness (QED) is 0.748. The van der Waals surface area contributed by atoms with Crippen molar-refractivity contribution in [2.24, 2.45) is 10.9 Å². The summed E-state index contributed by atoms with van der Waals surface area (Å²) >= 11 is 0. The van der Waals surface area contributed by atoms with Crippen molar-refractivity contribution in [2.45, 2.75) is 31.1 Å². The highest BCUT2D eigenvalue weighted by molar-refractivity contribution is 5.99. The highest BCUT2D eigenvalue weighted by atomic mass is 16.6. The molecular weight excluding hydrogens is 354 g/mol. The Morgan fingerprint density at radius 2 is 1.79 bits per heavy atom. The van der Waals surface area contributed by atoms with Gasteiger partial charge in [-0.15, -0.1) is 0 Å². The van der Waals surface area contributed by atoms with E-state index in [1.54, 1.807) is 6.26 Å². The molecule has 0 radical (unpaired) electrons. The Morgan fingerprint density at radius 1 is 1.11 bits per heavy atom. The number of aliphatic imine (C=N–C) groups is 1. The minimum absolute atomic E-state index is 0.0927. The molecule has 5 heteroatoms. The Morgan fingerprint density at radius 3 is 2.39 bits per heavy atom. The van der Waals surface area contributed by atoms with Crippen molar-refractivity contribution in [3.05, 3.63) is 84.1 Å². The summed E-state index contributed by atoms with van der Waals surface area (Å²) in [6.45, 7) is 2.04. The van der Waals surface area contributed by atoms with Gasteiger partial charge in [0, 0.05) is 17.9 Å². The summed E-state index contributed by atoms with van der Waals surface area (Å²) < 4.78 is 17.3. The Bertz CT molecular complexity index is 893. The van der Waals surface area contributed by atoms with Crippen LogP contribution in [0, 0.1) is 5.92 Å². The standard InChI is InChI=1S/C23H23NO4/c1-16-13-14-27-19(16)20-23(22(25)26-2,15-17-9-5-3-6-10-17)24-21(28-20)18-11-7-4-8-12-18/h3-14,16,19-20H,15H2,1-2H3/t16?,19?,20-,23-/m0/s1. The first-order chi connectivity index (χ1) is 13.6. The highest BCUT2D eigenvalue weighted by Crippen LogP contribution is 2.39. The number of carbonyl (C=O) groups is 1. The van der Waals surface area contributed by atoms with Gasteiger partial charge in [0.25, 0.3) is 0 Å². The predicted octanol–water partition coefficient (Wildman–Crippen LogP) is 3.54. The topological polar surface area (TPSA) is 57.1 Å². The SMILES string of the molecule is COC(=O)[C@@]1(Cc2ccccc2)N=C(c2ccccc2)O[C@H]1C1OC=CC1C. The second kappa shape index (κ2) is 7.50. The summed E-state index contributed by atoms with van der Waals surface area (Å²) in [6.07, 6.45) is 3.09. The third-order valence-corrected chi connectivity index (χ3v) is 5.32. The van der Waals surface area contributed by atoms with Gasteiger partial charge in [0.2, 0.25) is 11.4 Å². The molecule has 5 nitrogen and oxygen atoms in total. The van der Waals surface area contributed by atoms with Crippen LogP contribution in [-0.2, 0) is 25.4 Å². The summed E-state index contributed by atoms with van der Waals surface area (Å²) in [5, 5.41) is 0. The number of hydrogen-bond acceptors (Lipinski definition) is 5. The smallest absolute Gasteiger partial charge is 0.338 e. The van der Waals surface area contributed by atoms with Gasteiger partial charge in [-0.25, -0.2) is 9.79 Å². The van der Waals surface area contributed by atoms with Crippen LogP contribution in [0.4, 0.5) is 0 Å². The van der Waals surface area contributed by atoms with Crippen LogP contribution in [0.15, 0.2) is 78.0 Å². The molecule has 144 valence electrons. The van der Waals surface area contributed by atoms with Crippen molar-refractivity contribution in [3.63, 3.8) is 0 Å². The Balaban J connectivity index is 1.81. The van der Waals surface area contributed by atoms with Crippen LogP contribution in [0.2, 0.25) is 0 Å². The molecule has 0 fully saturated rings. The second-order valence-electron chi connectivity index (χ2n) is 7.19. The third-order valence-electron chi connectivity index (χ3n) is 5.32. The maximum absolute atomic E-state index is 13.1. The molecule has 28 heavy (non-hydrogen) atoms. The molecular formula is C23H23NO4. The Labute approximate surface area is 164 Å². The molecule has 0 bridgehead atoms. The van der Waals surface area contributed by atoms with E-state index in [1.807, 2.05) is 73.7 Å². The molecule has 2 aliphatic heterocycles. The Kier molecular flexibility index (Phi) is 4.90. The van der Waals surface area contributed by atoms with Gasteiger partial charge < -0.3 is 14.2 Å². The molecule has 0 saturated heterocycles. The van der Waals surface area contributed by atoms with Gasteiger partial charge in [0.05, 0.1) is 13.4 Å². The molecule has 0 aromatic heterocycles. The van der Waals surface area contributed by atoms with Crippen LogP contribution in [0.25, 0.3) is 0 Å². The summed E-state index contributed by atoms with van der Waals surface area (Å²) in [5.74, 6) is 0.111. The molecule has 2 aliphatic rings. The fourth-order valence-electron chi connectivity index (χ4n) is 3.84.